The largest absolute Gasteiger partial charge is 0.484 e. The van der Waals surface area contributed by atoms with Crippen molar-refractivity contribution in [1.82, 2.24) is 4.90 Å². The molecule has 0 saturated heterocycles. The SMILES string of the molecule is C=CCN(CCOC)C(=O)COc1ccc(N)cc1. The normalized spacial score (nSPS) is 9.95. The number of nitrogens with two attached hydrogens (primary N) is 1. The minimum absolute atomic E-state index is 0.0124. The van der Waals surface area contributed by atoms with Gasteiger partial charge in [-0.1, -0.05) is 6.08 Å². The minimum Gasteiger partial charge on any atom is -0.484 e. The van der Waals surface area contributed by atoms with Crippen molar-refractivity contribution in [3.63, 3.8) is 0 Å². The van der Waals surface area contributed by atoms with Crippen LogP contribution in [0.1, 0.15) is 0 Å². The van der Waals surface area contributed by atoms with Crippen LogP contribution in [0, 0.1) is 0 Å². The Kier molecular flexibility index (Phi) is 6.46. The molecule has 0 aliphatic carbocycles. The lowest BCUT2D eigenvalue weighted by atomic mass is 10.3. The first-order chi connectivity index (χ1) is 9.17. The standard InChI is InChI=1S/C14H20N2O3/c1-3-8-16(9-10-18-2)14(17)11-19-13-6-4-12(15)5-7-13/h3-7H,1,8-11,15H2,2H3. The molecule has 1 aromatic carbocycles. The highest BCUT2D eigenvalue weighted by Crippen LogP contribution is 2.13. The average Bonchev–Trinajstić information content (AvgIpc) is 2.42. The van der Waals surface area contributed by atoms with Crippen LogP contribution in [-0.4, -0.2) is 44.2 Å². The number of carbonyl (C=O) groups is 1. The van der Waals surface area contributed by atoms with Crippen LogP contribution in [0.2, 0.25) is 0 Å². The molecule has 0 aromatic heterocycles. The van der Waals surface area contributed by atoms with Gasteiger partial charge < -0.3 is 20.1 Å². The lowest BCUT2D eigenvalue weighted by Gasteiger charge is -2.20. The number of hydrogen-bond acceptors (Lipinski definition) is 4. The molecule has 0 bridgehead atoms. The molecule has 0 spiro atoms. The summed E-state index contributed by atoms with van der Waals surface area (Å²) in [6.07, 6.45) is 1.68. The summed E-state index contributed by atoms with van der Waals surface area (Å²) >= 11 is 0. The molecule has 0 saturated carbocycles. The van der Waals surface area contributed by atoms with Gasteiger partial charge in [0.1, 0.15) is 5.75 Å². The van der Waals surface area contributed by atoms with E-state index in [1.54, 1.807) is 42.4 Å². The van der Waals surface area contributed by atoms with Crippen molar-refractivity contribution in [2.24, 2.45) is 0 Å². The van der Waals surface area contributed by atoms with Gasteiger partial charge in [-0.2, -0.15) is 0 Å². The number of hydrogen-bond donors (Lipinski definition) is 1. The van der Waals surface area contributed by atoms with Crippen molar-refractivity contribution in [3.8, 4) is 5.75 Å². The first kappa shape index (κ1) is 15.0. The Hall–Kier alpha value is -2.01. The number of nitrogen functional groups attached to an aromatic ring is 1. The van der Waals surface area contributed by atoms with Crippen LogP contribution < -0.4 is 10.5 Å². The maximum absolute atomic E-state index is 12.0. The molecule has 1 rings (SSSR count). The quantitative estimate of drug-likeness (QED) is 0.568. The molecule has 0 aliphatic rings. The van der Waals surface area contributed by atoms with Crippen LogP contribution in [0.5, 0.6) is 5.75 Å². The predicted molar refractivity (Wildman–Crippen MR) is 75.0 cm³/mol. The van der Waals surface area contributed by atoms with E-state index in [0.717, 1.165) is 0 Å². The molecule has 1 amide bonds. The van der Waals surface area contributed by atoms with E-state index in [9.17, 15) is 4.79 Å². The first-order valence-corrected chi connectivity index (χ1v) is 6.03. The Morgan fingerprint density at radius 2 is 2.11 bits per heavy atom. The van der Waals surface area contributed by atoms with E-state index in [0.29, 0.717) is 31.1 Å². The smallest absolute Gasteiger partial charge is 0.260 e. The number of carbonyl (C=O) groups excluding carboxylic acids is 1. The molecule has 0 fully saturated rings. The summed E-state index contributed by atoms with van der Waals surface area (Å²) in [5, 5.41) is 0. The molecule has 0 unspecified atom stereocenters. The van der Waals surface area contributed by atoms with E-state index in [-0.39, 0.29) is 12.5 Å². The Balaban J connectivity index is 2.46. The third-order valence-electron chi connectivity index (χ3n) is 2.51. The fraction of sp³-hybridized carbons (Fsp3) is 0.357. The fourth-order valence-corrected chi connectivity index (χ4v) is 1.48. The van der Waals surface area contributed by atoms with E-state index in [2.05, 4.69) is 6.58 Å². The van der Waals surface area contributed by atoms with Gasteiger partial charge in [-0.3, -0.25) is 4.79 Å². The topological polar surface area (TPSA) is 64.8 Å². The zero-order valence-electron chi connectivity index (χ0n) is 11.2. The lowest BCUT2D eigenvalue weighted by molar-refractivity contribution is -0.133. The predicted octanol–water partition coefficient (Wildman–Crippen LogP) is 1.31. The van der Waals surface area contributed by atoms with E-state index in [1.165, 1.54) is 0 Å². The molecule has 2 N–H and O–H groups in total. The van der Waals surface area contributed by atoms with Gasteiger partial charge in [0.2, 0.25) is 0 Å². The highest BCUT2D eigenvalue weighted by atomic mass is 16.5. The second-order valence-corrected chi connectivity index (χ2v) is 3.98. The molecule has 19 heavy (non-hydrogen) atoms. The van der Waals surface area contributed by atoms with Crippen LogP contribution in [0.3, 0.4) is 0 Å². The summed E-state index contributed by atoms with van der Waals surface area (Å²) in [6, 6.07) is 6.92. The molecule has 0 aliphatic heterocycles. The number of rotatable bonds is 8. The lowest BCUT2D eigenvalue weighted by Crippen LogP contribution is -2.37. The van der Waals surface area contributed by atoms with Crippen molar-refractivity contribution in [2.45, 2.75) is 0 Å². The summed E-state index contributed by atoms with van der Waals surface area (Å²) in [6.45, 7) is 5.10. The number of benzene rings is 1. The van der Waals surface area contributed by atoms with Crippen molar-refractivity contribution >= 4 is 11.6 Å². The monoisotopic (exact) mass is 264 g/mol. The summed E-state index contributed by atoms with van der Waals surface area (Å²) in [4.78, 5) is 13.6. The fourth-order valence-electron chi connectivity index (χ4n) is 1.48. The summed E-state index contributed by atoms with van der Waals surface area (Å²) in [5.74, 6) is 0.515. The van der Waals surface area contributed by atoms with Crippen LogP contribution in [0.4, 0.5) is 5.69 Å². The van der Waals surface area contributed by atoms with E-state index in [4.69, 9.17) is 15.2 Å². The molecule has 5 heteroatoms. The van der Waals surface area contributed by atoms with Gasteiger partial charge in [0.25, 0.3) is 5.91 Å². The Morgan fingerprint density at radius 1 is 1.42 bits per heavy atom. The van der Waals surface area contributed by atoms with Crippen LogP contribution in [-0.2, 0) is 9.53 Å². The summed E-state index contributed by atoms with van der Waals surface area (Å²) in [5.41, 5.74) is 6.23. The van der Waals surface area contributed by atoms with Crippen LogP contribution >= 0.6 is 0 Å². The molecule has 0 radical (unpaired) electrons. The highest BCUT2D eigenvalue weighted by Gasteiger charge is 2.12. The van der Waals surface area contributed by atoms with Gasteiger partial charge in [-0.05, 0) is 24.3 Å². The zero-order chi connectivity index (χ0) is 14.1. The average molecular weight is 264 g/mol. The second-order valence-electron chi connectivity index (χ2n) is 3.98. The number of ether oxygens (including phenoxy) is 2. The van der Waals surface area contributed by atoms with E-state index in [1.807, 2.05) is 0 Å². The Bertz CT molecular complexity index is 404. The Morgan fingerprint density at radius 3 is 2.68 bits per heavy atom. The van der Waals surface area contributed by atoms with E-state index >= 15 is 0 Å². The number of anilines is 1. The van der Waals surface area contributed by atoms with Gasteiger partial charge in [0.15, 0.2) is 6.61 Å². The van der Waals surface area contributed by atoms with Gasteiger partial charge in [0.05, 0.1) is 6.61 Å². The molecule has 104 valence electrons. The molecule has 0 heterocycles. The van der Waals surface area contributed by atoms with Crippen LogP contribution in [0.15, 0.2) is 36.9 Å². The maximum Gasteiger partial charge on any atom is 0.260 e. The highest BCUT2D eigenvalue weighted by molar-refractivity contribution is 5.78. The van der Waals surface area contributed by atoms with Gasteiger partial charge in [0, 0.05) is 25.9 Å². The molecule has 5 nitrogen and oxygen atoms in total. The first-order valence-electron chi connectivity index (χ1n) is 6.03. The minimum atomic E-state index is -0.103. The van der Waals surface area contributed by atoms with Gasteiger partial charge >= 0.3 is 0 Å². The summed E-state index contributed by atoms with van der Waals surface area (Å²) in [7, 11) is 1.60. The van der Waals surface area contributed by atoms with E-state index < -0.39 is 0 Å². The number of nitrogens with zero attached hydrogens (tertiary/aromatic N) is 1. The number of methoxy groups -OCH3 is 1. The third kappa shape index (κ3) is 5.44. The van der Waals surface area contributed by atoms with Gasteiger partial charge in [-0.15, -0.1) is 6.58 Å². The van der Waals surface area contributed by atoms with Gasteiger partial charge in [-0.25, -0.2) is 0 Å². The second kappa shape index (κ2) is 8.16. The number of amides is 1. The van der Waals surface area contributed by atoms with Crippen LogP contribution in [0.25, 0.3) is 0 Å². The molecule has 0 atom stereocenters. The molecular formula is C14H20N2O3. The van der Waals surface area contributed by atoms with Crippen molar-refractivity contribution in [3.05, 3.63) is 36.9 Å². The molecular weight excluding hydrogens is 244 g/mol. The van der Waals surface area contributed by atoms with Crippen molar-refractivity contribution in [2.75, 3.05) is 39.1 Å². The molecule has 1 aromatic rings. The van der Waals surface area contributed by atoms with Crippen molar-refractivity contribution < 1.29 is 14.3 Å². The third-order valence-corrected chi connectivity index (χ3v) is 2.51. The summed E-state index contributed by atoms with van der Waals surface area (Å²) < 4.78 is 10.4. The zero-order valence-corrected chi connectivity index (χ0v) is 11.2. The van der Waals surface area contributed by atoms with Crippen molar-refractivity contribution in [1.29, 1.82) is 0 Å². The maximum atomic E-state index is 12.0. The Labute approximate surface area is 113 Å².